The lowest BCUT2D eigenvalue weighted by Crippen LogP contribution is -2.26. The second-order valence-electron chi connectivity index (χ2n) is 6.85. The number of amides is 1. The molecule has 0 bridgehead atoms. The van der Waals surface area contributed by atoms with Crippen molar-refractivity contribution in [2.24, 2.45) is 0 Å². The Morgan fingerprint density at radius 2 is 2.00 bits per heavy atom. The van der Waals surface area contributed by atoms with E-state index in [0.29, 0.717) is 17.0 Å². The van der Waals surface area contributed by atoms with E-state index in [4.69, 9.17) is 4.74 Å². The molecule has 2 N–H and O–H groups in total. The van der Waals surface area contributed by atoms with Gasteiger partial charge >= 0.3 is 0 Å². The Labute approximate surface area is 177 Å². The van der Waals surface area contributed by atoms with E-state index < -0.39 is 6.10 Å². The predicted molar refractivity (Wildman–Crippen MR) is 111 cm³/mol. The van der Waals surface area contributed by atoms with Crippen molar-refractivity contribution in [3.63, 3.8) is 0 Å². The summed E-state index contributed by atoms with van der Waals surface area (Å²) in [7, 11) is 1.44. The molecule has 0 aliphatic carbocycles. The summed E-state index contributed by atoms with van der Waals surface area (Å²) in [4.78, 5) is 17.1. The van der Waals surface area contributed by atoms with Gasteiger partial charge in [0.15, 0.2) is 0 Å². The number of methoxy groups -OCH3 is 1. The summed E-state index contributed by atoms with van der Waals surface area (Å²) < 4.78 is 20.0. The molecule has 8 nitrogen and oxygen atoms in total. The molecule has 1 aromatic carbocycles. The molecule has 9 heteroatoms. The van der Waals surface area contributed by atoms with Gasteiger partial charge in [0.2, 0.25) is 5.88 Å². The average Bonchev–Trinajstić information content (AvgIpc) is 3.28. The Kier molecular flexibility index (Phi) is 5.85. The van der Waals surface area contributed by atoms with Crippen molar-refractivity contribution in [2.45, 2.75) is 12.5 Å². The molecule has 0 saturated heterocycles. The van der Waals surface area contributed by atoms with Gasteiger partial charge in [-0.2, -0.15) is 0 Å². The first-order chi connectivity index (χ1) is 15.1. The van der Waals surface area contributed by atoms with Gasteiger partial charge in [-0.25, -0.2) is 13.9 Å². The number of fused-ring (bicyclic) bond motifs is 1. The van der Waals surface area contributed by atoms with E-state index in [9.17, 15) is 14.3 Å². The highest BCUT2D eigenvalue weighted by molar-refractivity contribution is 5.96. The van der Waals surface area contributed by atoms with E-state index in [-0.39, 0.29) is 36.1 Å². The summed E-state index contributed by atoms with van der Waals surface area (Å²) in [6, 6.07) is 14.5. The molecular formula is C22H20FN5O3. The van der Waals surface area contributed by atoms with Gasteiger partial charge in [0.05, 0.1) is 36.3 Å². The molecule has 0 aliphatic heterocycles. The number of nitrogens with one attached hydrogen (secondary N) is 1. The molecule has 31 heavy (non-hydrogen) atoms. The highest BCUT2D eigenvalue weighted by Crippen LogP contribution is 2.24. The number of ether oxygens (including phenoxy) is 1. The molecule has 3 aromatic heterocycles. The van der Waals surface area contributed by atoms with Gasteiger partial charge in [-0.3, -0.25) is 4.79 Å². The number of hydrogen-bond acceptors (Lipinski definition) is 6. The van der Waals surface area contributed by atoms with Crippen LogP contribution in [0.4, 0.5) is 4.39 Å². The van der Waals surface area contributed by atoms with Crippen LogP contribution in [0, 0.1) is 5.82 Å². The third kappa shape index (κ3) is 4.36. The highest BCUT2D eigenvalue weighted by Gasteiger charge is 2.17. The fraction of sp³-hybridized carbons (Fsp3) is 0.182. The third-order valence-electron chi connectivity index (χ3n) is 4.84. The molecule has 0 spiro atoms. The third-order valence-corrected chi connectivity index (χ3v) is 4.84. The number of aliphatic hydroxyl groups excluding tert-OH is 1. The van der Waals surface area contributed by atoms with Crippen LogP contribution in [-0.2, 0) is 0 Å². The summed E-state index contributed by atoms with van der Waals surface area (Å²) in [6.07, 6.45) is 1.11. The van der Waals surface area contributed by atoms with Crippen molar-refractivity contribution < 1.29 is 19.0 Å². The number of halogens is 1. The molecule has 1 amide bonds. The maximum atomic E-state index is 13.0. The topological polar surface area (TPSA) is 102 Å². The number of pyridine rings is 2. The van der Waals surface area contributed by atoms with E-state index in [1.807, 2.05) is 18.2 Å². The number of aromatic nitrogens is 4. The molecule has 4 rings (SSSR count). The molecule has 1 atom stereocenters. The summed E-state index contributed by atoms with van der Waals surface area (Å²) in [6.45, 7) is 0.223. The Bertz CT molecular complexity index is 1210. The second kappa shape index (κ2) is 8.88. The van der Waals surface area contributed by atoms with E-state index >= 15 is 0 Å². The minimum absolute atomic E-state index is 0.172. The molecule has 158 valence electrons. The predicted octanol–water partition coefficient (Wildman–Crippen LogP) is 2.79. The van der Waals surface area contributed by atoms with Gasteiger partial charge in [0.25, 0.3) is 5.91 Å². The summed E-state index contributed by atoms with van der Waals surface area (Å²) >= 11 is 0. The van der Waals surface area contributed by atoms with Crippen LogP contribution >= 0.6 is 0 Å². The second-order valence-corrected chi connectivity index (χ2v) is 6.85. The van der Waals surface area contributed by atoms with Crippen LogP contribution in [0.15, 0.2) is 60.8 Å². The van der Waals surface area contributed by atoms with Crippen molar-refractivity contribution >= 4 is 11.4 Å². The first kappa shape index (κ1) is 20.4. The van der Waals surface area contributed by atoms with Crippen molar-refractivity contribution in [3.8, 4) is 17.3 Å². The zero-order chi connectivity index (χ0) is 21.8. The quantitative estimate of drug-likeness (QED) is 0.476. The molecule has 0 aliphatic rings. The maximum absolute atomic E-state index is 13.0. The van der Waals surface area contributed by atoms with Crippen LogP contribution in [0.2, 0.25) is 0 Å². The Hall–Kier alpha value is -3.85. The summed E-state index contributed by atoms with van der Waals surface area (Å²) in [5.74, 6) is -0.570. The van der Waals surface area contributed by atoms with Crippen LogP contribution in [0.3, 0.4) is 0 Å². The van der Waals surface area contributed by atoms with Gasteiger partial charge in [0.1, 0.15) is 11.4 Å². The first-order valence-electron chi connectivity index (χ1n) is 9.63. The fourth-order valence-electron chi connectivity index (χ4n) is 3.23. The van der Waals surface area contributed by atoms with E-state index in [0.717, 1.165) is 5.52 Å². The van der Waals surface area contributed by atoms with Gasteiger partial charge in [-0.05, 0) is 48.4 Å². The van der Waals surface area contributed by atoms with E-state index in [1.165, 1.54) is 31.4 Å². The largest absolute Gasteiger partial charge is 0.480 e. The lowest BCUT2D eigenvalue weighted by Gasteiger charge is -2.13. The maximum Gasteiger partial charge on any atom is 0.256 e. The molecule has 1 unspecified atom stereocenters. The van der Waals surface area contributed by atoms with Crippen molar-refractivity contribution in [1.82, 2.24) is 25.1 Å². The molecule has 0 fully saturated rings. The number of aliphatic hydroxyl groups is 1. The number of carbonyl (C=O) groups is 1. The van der Waals surface area contributed by atoms with Gasteiger partial charge in [-0.15, -0.1) is 5.10 Å². The SMILES string of the molecule is COc1nc(-c2cccc3cnnn23)ccc1C(=O)NCCC(O)c1ccc(F)cc1. The van der Waals surface area contributed by atoms with Crippen LogP contribution in [0.25, 0.3) is 16.9 Å². The lowest BCUT2D eigenvalue weighted by atomic mass is 10.1. The smallest absolute Gasteiger partial charge is 0.256 e. The minimum atomic E-state index is -0.813. The number of benzene rings is 1. The van der Waals surface area contributed by atoms with Gasteiger partial charge in [0, 0.05) is 6.54 Å². The fourth-order valence-corrected chi connectivity index (χ4v) is 3.23. The Balaban J connectivity index is 1.46. The number of hydrogen-bond donors (Lipinski definition) is 2. The normalized spacial score (nSPS) is 12.0. The molecule has 3 heterocycles. The van der Waals surface area contributed by atoms with Crippen molar-refractivity contribution in [1.29, 1.82) is 0 Å². The Morgan fingerprint density at radius 1 is 1.19 bits per heavy atom. The first-order valence-corrected chi connectivity index (χ1v) is 9.63. The number of carbonyl (C=O) groups excluding carboxylic acids is 1. The molecule has 0 radical (unpaired) electrons. The summed E-state index contributed by atoms with van der Waals surface area (Å²) in [5, 5.41) is 20.9. The lowest BCUT2D eigenvalue weighted by molar-refractivity contribution is 0.0939. The van der Waals surface area contributed by atoms with Gasteiger partial charge < -0.3 is 15.2 Å². The average molecular weight is 421 g/mol. The Morgan fingerprint density at radius 3 is 2.77 bits per heavy atom. The number of nitrogens with zero attached hydrogens (tertiary/aromatic N) is 4. The van der Waals surface area contributed by atoms with E-state index in [1.54, 1.807) is 22.8 Å². The molecule has 4 aromatic rings. The van der Waals surface area contributed by atoms with Crippen LogP contribution in [-0.4, -0.2) is 44.5 Å². The van der Waals surface area contributed by atoms with Crippen molar-refractivity contribution in [2.75, 3.05) is 13.7 Å². The van der Waals surface area contributed by atoms with Gasteiger partial charge in [-0.1, -0.05) is 23.4 Å². The summed E-state index contributed by atoms with van der Waals surface area (Å²) in [5.41, 5.74) is 2.97. The molecular weight excluding hydrogens is 401 g/mol. The van der Waals surface area contributed by atoms with Crippen LogP contribution in [0.1, 0.15) is 28.4 Å². The zero-order valence-corrected chi connectivity index (χ0v) is 16.7. The van der Waals surface area contributed by atoms with E-state index in [2.05, 4.69) is 20.6 Å². The number of rotatable bonds is 7. The standard InChI is InChI=1S/C22H20FN5O3/c1-31-22-17(21(30)24-12-11-20(29)14-5-7-15(23)8-6-14)9-10-18(26-22)19-4-2-3-16-13-25-27-28(16)19/h2-10,13,20,29H,11-12H2,1H3,(H,24,30). The van der Waals surface area contributed by atoms with Crippen LogP contribution < -0.4 is 10.1 Å². The zero-order valence-electron chi connectivity index (χ0n) is 16.7. The monoisotopic (exact) mass is 421 g/mol. The van der Waals surface area contributed by atoms with Crippen LogP contribution in [0.5, 0.6) is 5.88 Å². The highest BCUT2D eigenvalue weighted by atomic mass is 19.1. The minimum Gasteiger partial charge on any atom is -0.480 e. The molecule has 0 saturated carbocycles. The van der Waals surface area contributed by atoms with Crippen molar-refractivity contribution in [3.05, 3.63) is 77.7 Å².